The van der Waals surface area contributed by atoms with Gasteiger partial charge in [0.1, 0.15) is 5.75 Å². The number of hydrogen-bond donors (Lipinski definition) is 2. The number of thiol groups is 1. The first kappa shape index (κ1) is 34.6. The number of aliphatic imine (C=N–C) groups is 1. The number of unbranched alkanes of at least 4 members (excludes halogenated alkanes) is 2. The molecule has 7 heteroatoms. The van der Waals surface area contributed by atoms with Gasteiger partial charge in [-0.3, -0.25) is 14.6 Å². The van der Waals surface area contributed by atoms with E-state index in [2.05, 4.69) is 86.8 Å². The summed E-state index contributed by atoms with van der Waals surface area (Å²) in [5, 5.41) is 2.87. The molecule has 2 aromatic carbocycles. The Labute approximate surface area is 275 Å². The Morgan fingerprint density at radius 2 is 1.91 bits per heavy atom. The minimum atomic E-state index is 0.0145. The maximum atomic E-state index is 13.8. The van der Waals surface area contributed by atoms with Crippen molar-refractivity contribution >= 4 is 36.8 Å². The monoisotopic (exact) mass is 629 g/mol. The smallest absolute Gasteiger partial charge is 0.260 e. The Balaban J connectivity index is 1.44. The second kappa shape index (κ2) is 17.4. The number of fused-ring (bicyclic) bond motifs is 1. The van der Waals surface area contributed by atoms with Crippen LogP contribution in [0.1, 0.15) is 76.0 Å². The second-order valence-corrected chi connectivity index (χ2v) is 12.8. The first-order valence-corrected chi connectivity index (χ1v) is 17.4. The van der Waals surface area contributed by atoms with Gasteiger partial charge in [-0.15, -0.1) is 0 Å². The third-order valence-electron chi connectivity index (χ3n) is 9.11. The van der Waals surface area contributed by atoms with Gasteiger partial charge in [0.25, 0.3) is 5.91 Å². The van der Waals surface area contributed by atoms with Crippen molar-refractivity contribution < 1.29 is 14.3 Å². The SMILES string of the molecule is C=NC1=CC(C(CC)Cc2cc(CCCC)cc(OCCCCC(=O)NCCS)c2)C(C)C=C1C(=O)N1CCc2ccccc21. The number of amides is 2. The van der Waals surface area contributed by atoms with Crippen molar-refractivity contribution in [1.82, 2.24) is 5.32 Å². The highest BCUT2D eigenvalue weighted by atomic mass is 32.1. The molecule has 0 aromatic heterocycles. The Morgan fingerprint density at radius 3 is 2.67 bits per heavy atom. The average Bonchev–Trinajstić information content (AvgIpc) is 3.49. The van der Waals surface area contributed by atoms with E-state index < -0.39 is 0 Å². The van der Waals surface area contributed by atoms with Gasteiger partial charge in [0.2, 0.25) is 5.91 Å². The highest BCUT2D eigenvalue weighted by molar-refractivity contribution is 7.80. The van der Waals surface area contributed by atoms with Crippen LogP contribution in [-0.2, 0) is 28.9 Å². The molecule has 0 radical (unpaired) electrons. The van der Waals surface area contributed by atoms with Crippen LogP contribution < -0.4 is 15.0 Å². The number of aryl methyl sites for hydroxylation is 1. The van der Waals surface area contributed by atoms with E-state index >= 15 is 0 Å². The van der Waals surface area contributed by atoms with Gasteiger partial charge in [0.15, 0.2) is 0 Å². The number of benzene rings is 2. The number of rotatable bonds is 17. The van der Waals surface area contributed by atoms with Crippen molar-refractivity contribution in [3.8, 4) is 5.75 Å². The molecule has 0 fully saturated rings. The summed E-state index contributed by atoms with van der Waals surface area (Å²) in [6, 6.07) is 14.9. The lowest BCUT2D eigenvalue weighted by Crippen LogP contribution is -2.33. The number of carbonyl (C=O) groups is 2. The molecule has 0 saturated heterocycles. The molecule has 1 N–H and O–H groups in total. The number of ether oxygens (including phenoxy) is 1. The zero-order valence-corrected chi connectivity index (χ0v) is 28.3. The number of nitrogens with zero attached hydrogens (tertiary/aromatic N) is 2. The van der Waals surface area contributed by atoms with E-state index in [0.29, 0.717) is 49.1 Å². The second-order valence-electron chi connectivity index (χ2n) is 12.4. The summed E-state index contributed by atoms with van der Waals surface area (Å²) in [6.07, 6.45) is 12.6. The summed E-state index contributed by atoms with van der Waals surface area (Å²) in [4.78, 5) is 31.9. The van der Waals surface area contributed by atoms with Crippen LogP contribution in [0.2, 0.25) is 0 Å². The highest BCUT2D eigenvalue weighted by Gasteiger charge is 2.34. The van der Waals surface area contributed by atoms with Crippen LogP contribution >= 0.6 is 12.6 Å². The maximum Gasteiger partial charge on any atom is 0.260 e. The lowest BCUT2D eigenvalue weighted by atomic mass is 9.74. The number of carbonyl (C=O) groups excluding carboxylic acids is 2. The van der Waals surface area contributed by atoms with Crippen molar-refractivity contribution in [2.45, 2.75) is 78.6 Å². The average molecular weight is 630 g/mol. The van der Waals surface area contributed by atoms with Crippen LogP contribution in [0.4, 0.5) is 5.69 Å². The zero-order chi connectivity index (χ0) is 32.2. The number of para-hydroxylation sites is 1. The van der Waals surface area contributed by atoms with E-state index in [1.54, 1.807) is 0 Å². The van der Waals surface area contributed by atoms with E-state index in [4.69, 9.17) is 4.74 Å². The van der Waals surface area contributed by atoms with E-state index in [1.807, 2.05) is 23.1 Å². The topological polar surface area (TPSA) is 71.0 Å². The van der Waals surface area contributed by atoms with Crippen LogP contribution in [0.15, 0.2) is 70.9 Å². The molecule has 2 aromatic rings. The summed E-state index contributed by atoms with van der Waals surface area (Å²) in [5.41, 5.74) is 6.18. The first-order valence-electron chi connectivity index (χ1n) is 16.8. The predicted molar refractivity (Wildman–Crippen MR) is 190 cm³/mol. The van der Waals surface area contributed by atoms with Crippen molar-refractivity contribution in [3.05, 3.63) is 82.6 Å². The highest BCUT2D eigenvalue weighted by Crippen LogP contribution is 2.39. The van der Waals surface area contributed by atoms with Gasteiger partial charge in [-0.1, -0.05) is 70.0 Å². The molecule has 0 bridgehead atoms. The van der Waals surface area contributed by atoms with Crippen molar-refractivity contribution in [2.75, 3.05) is 30.3 Å². The molecule has 6 nitrogen and oxygen atoms in total. The van der Waals surface area contributed by atoms with Gasteiger partial charge < -0.3 is 15.0 Å². The Morgan fingerprint density at radius 1 is 1.11 bits per heavy atom. The van der Waals surface area contributed by atoms with Gasteiger partial charge in [-0.2, -0.15) is 12.6 Å². The number of hydrogen-bond acceptors (Lipinski definition) is 5. The van der Waals surface area contributed by atoms with E-state index in [-0.39, 0.29) is 23.7 Å². The maximum absolute atomic E-state index is 13.8. The lowest BCUT2D eigenvalue weighted by molar-refractivity contribution is -0.121. The van der Waals surface area contributed by atoms with Crippen molar-refractivity contribution in [1.29, 1.82) is 0 Å². The van der Waals surface area contributed by atoms with Crippen LogP contribution in [0, 0.1) is 17.8 Å². The summed E-state index contributed by atoms with van der Waals surface area (Å²) in [5.74, 6) is 2.47. The minimum Gasteiger partial charge on any atom is -0.494 e. The predicted octanol–water partition coefficient (Wildman–Crippen LogP) is 7.56. The lowest BCUT2D eigenvalue weighted by Gasteiger charge is -2.32. The molecule has 0 saturated carbocycles. The third kappa shape index (κ3) is 9.35. The standard InChI is InChI=1S/C38H51N3O3S/c1-5-7-12-28-22-29(25-32(24-28)44-19-11-10-15-37(42)40-17-20-45)23-30(6-2)33-26-35(39-4)34(21-27(33)3)38(43)41-18-16-31-13-8-9-14-36(31)41/h8-9,13-14,21-22,24-27,30,33,45H,4-7,10-12,15-20,23H2,1-3H3,(H,40,42). The Bertz CT molecular complexity index is 1380. The molecule has 0 spiro atoms. The van der Waals surface area contributed by atoms with Crippen molar-refractivity contribution in [2.24, 2.45) is 22.7 Å². The van der Waals surface area contributed by atoms with Crippen molar-refractivity contribution in [3.63, 3.8) is 0 Å². The fraction of sp³-hybridized carbons (Fsp3) is 0.500. The number of allylic oxidation sites excluding steroid dienone is 2. The van der Waals surface area contributed by atoms with Crippen LogP contribution in [0.5, 0.6) is 5.75 Å². The normalized spacial score (nSPS) is 18.1. The molecule has 242 valence electrons. The molecule has 1 heterocycles. The van der Waals surface area contributed by atoms with Crippen LogP contribution in [0.25, 0.3) is 0 Å². The Hall–Kier alpha value is -3.32. The minimum absolute atomic E-state index is 0.0145. The summed E-state index contributed by atoms with van der Waals surface area (Å²) in [6.45, 7) is 12.4. The molecule has 2 amide bonds. The van der Waals surface area contributed by atoms with Crippen LogP contribution in [0.3, 0.4) is 0 Å². The first-order chi connectivity index (χ1) is 21.9. The molecule has 3 atom stereocenters. The molecular weight excluding hydrogens is 579 g/mol. The summed E-state index contributed by atoms with van der Waals surface area (Å²) < 4.78 is 6.23. The fourth-order valence-electron chi connectivity index (χ4n) is 6.63. The largest absolute Gasteiger partial charge is 0.494 e. The molecule has 1 aliphatic carbocycles. The van der Waals surface area contributed by atoms with Crippen LogP contribution in [-0.4, -0.2) is 44.0 Å². The zero-order valence-electron chi connectivity index (χ0n) is 27.4. The van der Waals surface area contributed by atoms with Gasteiger partial charge in [0.05, 0.1) is 17.9 Å². The summed E-state index contributed by atoms with van der Waals surface area (Å²) in [7, 11) is 0. The van der Waals surface area contributed by atoms with E-state index in [1.165, 1.54) is 16.7 Å². The Kier molecular flexibility index (Phi) is 13.4. The molecule has 3 unspecified atom stereocenters. The van der Waals surface area contributed by atoms with E-state index in [0.717, 1.165) is 62.8 Å². The van der Waals surface area contributed by atoms with Gasteiger partial charge >= 0.3 is 0 Å². The molecular formula is C38H51N3O3S. The van der Waals surface area contributed by atoms with E-state index in [9.17, 15) is 9.59 Å². The molecule has 45 heavy (non-hydrogen) atoms. The third-order valence-corrected chi connectivity index (χ3v) is 9.33. The number of anilines is 1. The van der Waals surface area contributed by atoms with Gasteiger partial charge in [-0.05, 0) is 97.9 Å². The summed E-state index contributed by atoms with van der Waals surface area (Å²) >= 11 is 4.14. The molecule has 1 aliphatic heterocycles. The fourth-order valence-corrected chi connectivity index (χ4v) is 6.75. The number of nitrogens with one attached hydrogen (secondary N) is 1. The molecule has 4 rings (SSSR count). The quantitative estimate of drug-likeness (QED) is 0.108. The van der Waals surface area contributed by atoms with Gasteiger partial charge in [-0.25, -0.2) is 0 Å². The molecule has 2 aliphatic rings. The van der Waals surface area contributed by atoms with Gasteiger partial charge in [0, 0.05) is 31.0 Å².